The third-order valence-corrected chi connectivity index (χ3v) is 6.34. The summed E-state index contributed by atoms with van der Waals surface area (Å²) in [5.74, 6) is -0.670. The average molecular weight is 406 g/mol. The maximum absolute atomic E-state index is 12.6. The van der Waals surface area contributed by atoms with Gasteiger partial charge in [0.15, 0.2) is 6.10 Å². The first-order chi connectivity index (χ1) is 13.4. The van der Waals surface area contributed by atoms with Crippen molar-refractivity contribution in [2.24, 2.45) is 0 Å². The largest absolute Gasteiger partial charge is 0.467 e. The number of hydrogen-bond acceptors (Lipinski definition) is 6. The van der Waals surface area contributed by atoms with Gasteiger partial charge in [-0.05, 0) is 50.1 Å². The predicted molar refractivity (Wildman–Crippen MR) is 99.9 cm³/mol. The number of hydrogen-bond donors (Lipinski definition) is 1. The summed E-state index contributed by atoms with van der Waals surface area (Å²) in [6.07, 6.45) is 2.10. The van der Waals surface area contributed by atoms with Gasteiger partial charge < -0.3 is 14.5 Å². The Kier molecular flexibility index (Phi) is 6.15. The lowest BCUT2D eigenvalue weighted by atomic mass is 10.2. The fourth-order valence-corrected chi connectivity index (χ4v) is 4.44. The summed E-state index contributed by atoms with van der Waals surface area (Å²) in [6, 6.07) is 9.09. The topological polar surface area (TPSA) is 106 Å². The zero-order valence-electron chi connectivity index (χ0n) is 15.5. The molecule has 150 valence electrons. The molecular weight excluding hydrogens is 384 g/mol. The summed E-state index contributed by atoms with van der Waals surface area (Å²) in [5, 5.41) is 2.60. The molecule has 0 unspecified atom stereocenters. The van der Waals surface area contributed by atoms with Crippen LogP contribution in [-0.4, -0.2) is 43.8 Å². The van der Waals surface area contributed by atoms with Gasteiger partial charge in [-0.2, -0.15) is 4.31 Å². The van der Waals surface area contributed by atoms with Crippen LogP contribution in [0.1, 0.15) is 35.9 Å². The number of furan rings is 1. The molecular formula is C19H22N2O6S. The molecule has 0 saturated carbocycles. The molecule has 9 heteroatoms. The number of carbonyl (C=O) groups excluding carboxylic acids is 2. The quantitative estimate of drug-likeness (QED) is 0.704. The fourth-order valence-electron chi connectivity index (χ4n) is 2.87. The molecule has 1 saturated heterocycles. The summed E-state index contributed by atoms with van der Waals surface area (Å²) in [7, 11) is -3.64. The Balaban J connectivity index is 1.63. The highest BCUT2D eigenvalue weighted by Crippen LogP contribution is 2.22. The number of ether oxygens (including phenoxy) is 1. The van der Waals surface area contributed by atoms with E-state index in [1.807, 2.05) is 0 Å². The molecule has 0 aliphatic carbocycles. The summed E-state index contributed by atoms with van der Waals surface area (Å²) < 4.78 is 37.0. The molecule has 0 radical (unpaired) electrons. The second-order valence-corrected chi connectivity index (χ2v) is 8.42. The molecule has 8 nitrogen and oxygen atoms in total. The average Bonchev–Trinajstić information content (AvgIpc) is 3.40. The van der Waals surface area contributed by atoms with E-state index in [0.717, 1.165) is 12.8 Å². The van der Waals surface area contributed by atoms with E-state index in [4.69, 9.17) is 9.15 Å². The van der Waals surface area contributed by atoms with Crippen molar-refractivity contribution in [3.63, 3.8) is 0 Å². The molecule has 3 rings (SSSR count). The molecule has 1 aliphatic heterocycles. The Hall–Kier alpha value is -2.65. The standard InChI is InChI=1S/C19H22N2O6S/c1-14(18(22)20-13-16-7-5-11-26-16)27-19(23)15-6-4-8-17(12-15)28(24,25)21-9-2-3-10-21/h4-8,11-12,14H,2-3,9-10,13H2,1H3,(H,20,22)/t14-/m1/s1. The number of carbonyl (C=O) groups is 2. The van der Waals surface area contributed by atoms with E-state index in [1.165, 1.54) is 41.8 Å². The summed E-state index contributed by atoms with van der Waals surface area (Å²) in [6.45, 7) is 2.57. The normalized spacial score (nSPS) is 15.9. The van der Waals surface area contributed by atoms with Gasteiger partial charge in [0.2, 0.25) is 10.0 Å². The van der Waals surface area contributed by atoms with Crippen LogP contribution < -0.4 is 5.32 Å². The molecule has 1 aliphatic rings. The van der Waals surface area contributed by atoms with Crippen LogP contribution in [0.4, 0.5) is 0 Å². The van der Waals surface area contributed by atoms with E-state index in [1.54, 1.807) is 12.1 Å². The number of rotatable bonds is 7. The van der Waals surface area contributed by atoms with E-state index in [-0.39, 0.29) is 17.0 Å². The van der Waals surface area contributed by atoms with Gasteiger partial charge in [-0.3, -0.25) is 4.79 Å². The van der Waals surface area contributed by atoms with Crippen molar-refractivity contribution in [2.75, 3.05) is 13.1 Å². The van der Waals surface area contributed by atoms with Crippen molar-refractivity contribution >= 4 is 21.9 Å². The van der Waals surface area contributed by atoms with Gasteiger partial charge in [-0.25, -0.2) is 13.2 Å². The lowest BCUT2D eigenvalue weighted by Gasteiger charge is -2.16. The minimum Gasteiger partial charge on any atom is -0.467 e. The number of benzene rings is 1. The highest BCUT2D eigenvalue weighted by Gasteiger charge is 2.28. The first-order valence-corrected chi connectivity index (χ1v) is 10.4. The Bertz CT molecular complexity index is 933. The Labute approximate surface area is 163 Å². The van der Waals surface area contributed by atoms with Crippen LogP contribution in [0.2, 0.25) is 0 Å². The minimum absolute atomic E-state index is 0.0405. The van der Waals surface area contributed by atoms with E-state index in [2.05, 4.69) is 5.32 Å². The molecule has 28 heavy (non-hydrogen) atoms. The molecule has 1 aromatic carbocycles. The van der Waals surface area contributed by atoms with E-state index >= 15 is 0 Å². The molecule has 1 aromatic heterocycles. The van der Waals surface area contributed by atoms with E-state index in [9.17, 15) is 18.0 Å². The number of sulfonamides is 1. The van der Waals surface area contributed by atoms with Crippen molar-refractivity contribution in [1.82, 2.24) is 9.62 Å². The third kappa shape index (κ3) is 4.60. The van der Waals surface area contributed by atoms with Crippen LogP contribution in [0.25, 0.3) is 0 Å². The molecule has 1 amide bonds. The van der Waals surface area contributed by atoms with Gasteiger partial charge in [-0.1, -0.05) is 6.07 Å². The number of esters is 1. The van der Waals surface area contributed by atoms with Crippen molar-refractivity contribution in [2.45, 2.75) is 37.3 Å². The molecule has 1 fully saturated rings. The summed E-state index contributed by atoms with van der Waals surface area (Å²) in [4.78, 5) is 24.5. The van der Waals surface area contributed by atoms with Gasteiger partial charge in [0.05, 0.1) is 23.3 Å². The molecule has 2 aromatic rings. The zero-order valence-corrected chi connectivity index (χ0v) is 16.3. The van der Waals surface area contributed by atoms with Crippen molar-refractivity contribution < 1.29 is 27.2 Å². The number of amides is 1. The van der Waals surface area contributed by atoms with E-state index in [0.29, 0.717) is 18.8 Å². The molecule has 0 bridgehead atoms. The second kappa shape index (κ2) is 8.57. The van der Waals surface area contributed by atoms with Crippen LogP contribution in [0, 0.1) is 0 Å². The van der Waals surface area contributed by atoms with Gasteiger partial charge in [0, 0.05) is 13.1 Å². The van der Waals surface area contributed by atoms with Gasteiger partial charge in [0.25, 0.3) is 5.91 Å². The smallest absolute Gasteiger partial charge is 0.338 e. The predicted octanol–water partition coefficient (Wildman–Crippen LogP) is 1.93. The fraction of sp³-hybridized carbons (Fsp3) is 0.368. The number of nitrogens with one attached hydrogen (secondary N) is 1. The van der Waals surface area contributed by atoms with Crippen molar-refractivity contribution in [3.8, 4) is 0 Å². The SMILES string of the molecule is C[C@@H](OC(=O)c1cccc(S(=O)(=O)N2CCCC2)c1)C(=O)NCc1ccco1. The highest BCUT2D eigenvalue weighted by atomic mass is 32.2. The summed E-state index contributed by atoms with van der Waals surface area (Å²) in [5.41, 5.74) is 0.0750. The summed E-state index contributed by atoms with van der Waals surface area (Å²) >= 11 is 0. The maximum atomic E-state index is 12.6. The zero-order chi connectivity index (χ0) is 20.1. The molecule has 1 N–H and O–H groups in total. The Morgan fingerprint density at radius 2 is 1.96 bits per heavy atom. The Morgan fingerprint density at radius 3 is 2.64 bits per heavy atom. The van der Waals surface area contributed by atoms with Gasteiger partial charge in [-0.15, -0.1) is 0 Å². The molecule has 0 spiro atoms. The molecule has 1 atom stereocenters. The Morgan fingerprint density at radius 1 is 1.21 bits per heavy atom. The van der Waals surface area contributed by atoms with Crippen LogP contribution in [0.15, 0.2) is 52.0 Å². The maximum Gasteiger partial charge on any atom is 0.338 e. The number of nitrogens with zero attached hydrogens (tertiary/aromatic N) is 1. The van der Waals surface area contributed by atoms with Crippen LogP contribution in [0.3, 0.4) is 0 Å². The van der Waals surface area contributed by atoms with Crippen LogP contribution in [-0.2, 0) is 26.1 Å². The minimum atomic E-state index is -3.64. The van der Waals surface area contributed by atoms with Crippen molar-refractivity contribution in [3.05, 3.63) is 54.0 Å². The van der Waals surface area contributed by atoms with Crippen LogP contribution >= 0.6 is 0 Å². The lowest BCUT2D eigenvalue weighted by Crippen LogP contribution is -2.35. The van der Waals surface area contributed by atoms with Gasteiger partial charge >= 0.3 is 5.97 Å². The lowest BCUT2D eigenvalue weighted by molar-refractivity contribution is -0.129. The highest BCUT2D eigenvalue weighted by molar-refractivity contribution is 7.89. The first-order valence-electron chi connectivity index (χ1n) is 8.99. The third-order valence-electron chi connectivity index (χ3n) is 4.44. The van der Waals surface area contributed by atoms with Crippen LogP contribution in [0.5, 0.6) is 0 Å². The van der Waals surface area contributed by atoms with E-state index < -0.39 is 28.0 Å². The van der Waals surface area contributed by atoms with Gasteiger partial charge in [0.1, 0.15) is 5.76 Å². The molecule has 2 heterocycles. The second-order valence-electron chi connectivity index (χ2n) is 6.48. The van der Waals surface area contributed by atoms with Crippen molar-refractivity contribution in [1.29, 1.82) is 0 Å². The first kappa shape index (κ1) is 20.1. The monoisotopic (exact) mass is 406 g/mol.